The van der Waals surface area contributed by atoms with E-state index in [9.17, 15) is 9.18 Å². The lowest BCUT2D eigenvalue weighted by atomic mass is 10.0. The second-order valence-corrected chi connectivity index (χ2v) is 3.70. The maximum absolute atomic E-state index is 12.8. The van der Waals surface area contributed by atoms with E-state index in [1.807, 2.05) is 24.3 Å². The molecule has 0 spiro atoms. The van der Waals surface area contributed by atoms with Gasteiger partial charge in [0.15, 0.2) is 0 Å². The smallest absolute Gasteiger partial charge is 0.207 e. The van der Waals surface area contributed by atoms with Crippen molar-refractivity contribution in [3.8, 4) is 11.1 Å². The maximum atomic E-state index is 12.8. The largest absolute Gasteiger partial charge is 0.355 e. The van der Waals surface area contributed by atoms with Crippen LogP contribution in [0.25, 0.3) is 11.1 Å². The summed E-state index contributed by atoms with van der Waals surface area (Å²) in [6.45, 7) is 0.521. The molecule has 17 heavy (non-hydrogen) atoms. The van der Waals surface area contributed by atoms with Gasteiger partial charge in [-0.05, 0) is 28.8 Å². The topological polar surface area (TPSA) is 29.1 Å². The molecule has 0 unspecified atom stereocenters. The van der Waals surface area contributed by atoms with Crippen LogP contribution in [0.4, 0.5) is 4.39 Å². The molecule has 0 atom stereocenters. The molecule has 0 fully saturated rings. The average Bonchev–Trinajstić information content (AvgIpc) is 2.38. The zero-order valence-corrected chi connectivity index (χ0v) is 9.19. The number of halogens is 1. The molecule has 0 aliphatic heterocycles. The van der Waals surface area contributed by atoms with Crippen LogP contribution in [0.1, 0.15) is 5.56 Å². The van der Waals surface area contributed by atoms with Gasteiger partial charge < -0.3 is 5.32 Å². The molecule has 2 aromatic rings. The lowest BCUT2D eigenvalue weighted by Crippen LogP contribution is -2.09. The molecule has 0 saturated heterocycles. The minimum atomic E-state index is -0.236. The second-order valence-electron chi connectivity index (χ2n) is 3.70. The molecule has 1 N–H and O–H groups in total. The van der Waals surface area contributed by atoms with E-state index in [0.29, 0.717) is 13.0 Å². The van der Waals surface area contributed by atoms with Gasteiger partial charge in [0, 0.05) is 6.54 Å². The van der Waals surface area contributed by atoms with Gasteiger partial charge in [-0.15, -0.1) is 0 Å². The SMILES string of the molecule is O=CNCc1ccc(-c2ccc(F)cc2)cc1. The van der Waals surface area contributed by atoms with Crippen LogP contribution in [0, 0.1) is 5.82 Å². The van der Waals surface area contributed by atoms with Gasteiger partial charge in [-0.3, -0.25) is 4.79 Å². The molecule has 0 aliphatic rings. The summed E-state index contributed by atoms with van der Waals surface area (Å²) in [5.74, 6) is -0.236. The molecule has 0 heterocycles. The zero-order valence-electron chi connectivity index (χ0n) is 9.19. The summed E-state index contributed by atoms with van der Waals surface area (Å²) in [7, 11) is 0. The molecule has 0 radical (unpaired) electrons. The Kier molecular flexibility index (Phi) is 3.50. The lowest BCUT2D eigenvalue weighted by Gasteiger charge is -2.04. The normalized spacial score (nSPS) is 9.94. The van der Waals surface area contributed by atoms with Crippen molar-refractivity contribution in [2.75, 3.05) is 0 Å². The number of benzene rings is 2. The van der Waals surface area contributed by atoms with Crippen LogP contribution in [-0.4, -0.2) is 6.41 Å². The predicted molar refractivity (Wildman–Crippen MR) is 64.7 cm³/mol. The van der Waals surface area contributed by atoms with Crippen molar-refractivity contribution in [2.24, 2.45) is 0 Å². The van der Waals surface area contributed by atoms with E-state index >= 15 is 0 Å². The Bertz CT molecular complexity index is 491. The highest BCUT2D eigenvalue weighted by atomic mass is 19.1. The number of carbonyl (C=O) groups excluding carboxylic acids is 1. The van der Waals surface area contributed by atoms with Crippen LogP contribution < -0.4 is 5.32 Å². The first kappa shape index (κ1) is 11.3. The fraction of sp³-hybridized carbons (Fsp3) is 0.0714. The third kappa shape index (κ3) is 2.91. The Balaban J connectivity index is 2.17. The first-order valence-electron chi connectivity index (χ1n) is 5.31. The standard InChI is InChI=1S/C14H12FNO/c15-14-7-5-13(6-8-14)12-3-1-11(2-4-12)9-16-10-17/h1-8,10H,9H2,(H,16,17). The summed E-state index contributed by atoms with van der Waals surface area (Å²) in [6, 6.07) is 14.2. The van der Waals surface area contributed by atoms with Crippen molar-refractivity contribution in [1.82, 2.24) is 5.32 Å². The van der Waals surface area contributed by atoms with Gasteiger partial charge >= 0.3 is 0 Å². The fourth-order valence-electron chi connectivity index (χ4n) is 1.62. The van der Waals surface area contributed by atoms with E-state index in [0.717, 1.165) is 16.7 Å². The molecular formula is C14H12FNO. The highest BCUT2D eigenvalue weighted by molar-refractivity contribution is 5.63. The van der Waals surface area contributed by atoms with Crippen molar-refractivity contribution in [3.63, 3.8) is 0 Å². The van der Waals surface area contributed by atoms with Gasteiger partial charge in [-0.2, -0.15) is 0 Å². The highest BCUT2D eigenvalue weighted by Crippen LogP contribution is 2.19. The van der Waals surface area contributed by atoms with E-state index in [-0.39, 0.29) is 5.82 Å². The summed E-state index contributed by atoms with van der Waals surface area (Å²) in [5.41, 5.74) is 3.03. The Labute approximate surface area is 99.1 Å². The molecule has 2 nitrogen and oxygen atoms in total. The van der Waals surface area contributed by atoms with Gasteiger partial charge in [0.05, 0.1) is 0 Å². The van der Waals surface area contributed by atoms with Gasteiger partial charge in [0.25, 0.3) is 0 Å². The van der Waals surface area contributed by atoms with E-state index in [2.05, 4.69) is 5.32 Å². The molecule has 2 aromatic carbocycles. The predicted octanol–water partition coefficient (Wildman–Crippen LogP) is 2.74. The molecule has 0 bridgehead atoms. The van der Waals surface area contributed by atoms with E-state index in [1.165, 1.54) is 12.1 Å². The molecule has 0 aromatic heterocycles. The second kappa shape index (κ2) is 5.25. The minimum absolute atomic E-state index is 0.236. The lowest BCUT2D eigenvalue weighted by molar-refractivity contribution is -0.109. The average molecular weight is 229 g/mol. The van der Waals surface area contributed by atoms with E-state index < -0.39 is 0 Å². The molecule has 0 aliphatic carbocycles. The van der Waals surface area contributed by atoms with Crippen LogP contribution in [0.2, 0.25) is 0 Å². The maximum Gasteiger partial charge on any atom is 0.207 e. The van der Waals surface area contributed by atoms with Crippen LogP contribution in [0.15, 0.2) is 48.5 Å². The third-order valence-corrected chi connectivity index (χ3v) is 2.52. The zero-order chi connectivity index (χ0) is 12.1. The van der Waals surface area contributed by atoms with E-state index in [4.69, 9.17) is 0 Å². The fourth-order valence-corrected chi connectivity index (χ4v) is 1.62. The van der Waals surface area contributed by atoms with Crippen LogP contribution in [0.5, 0.6) is 0 Å². The van der Waals surface area contributed by atoms with Gasteiger partial charge in [-0.25, -0.2) is 4.39 Å². The van der Waals surface area contributed by atoms with Gasteiger partial charge in [0.2, 0.25) is 6.41 Å². The van der Waals surface area contributed by atoms with E-state index in [1.54, 1.807) is 12.1 Å². The van der Waals surface area contributed by atoms with Crippen LogP contribution in [-0.2, 0) is 11.3 Å². The third-order valence-electron chi connectivity index (χ3n) is 2.52. The van der Waals surface area contributed by atoms with Crippen molar-refractivity contribution >= 4 is 6.41 Å². The summed E-state index contributed by atoms with van der Waals surface area (Å²) in [5, 5.41) is 2.60. The molecule has 3 heteroatoms. The summed E-state index contributed by atoms with van der Waals surface area (Å²) in [6.07, 6.45) is 0.674. The Morgan fingerprint density at radius 2 is 1.47 bits per heavy atom. The summed E-state index contributed by atoms with van der Waals surface area (Å²) in [4.78, 5) is 10.2. The quantitative estimate of drug-likeness (QED) is 0.802. The minimum Gasteiger partial charge on any atom is -0.355 e. The number of hydrogen-bond donors (Lipinski definition) is 1. The van der Waals surface area contributed by atoms with Crippen molar-refractivity contribution in [3.05, 3.63) is 59.9 Å². The monoisotopic (exact) mass is 229 g/mol. The number of amides is 1. The molecule has 0 saturated carbocycles. The number of carbonyl (C=O) groups is 1. The molecule has 2 rings (SSSR count). The Morgan fingerprint density at radius 1 is 0.941 bits per heavy atom. The highest BCUT2D eigenvalue weighted by Gasteiger charge is 1.98. The number of hydrogen-bond acceptors (Lipinski definition) is 1. The van der Waals surface area contributed by atoms with Crippen molar-refractivity contribution < 1.29 is 9.18 Å². The first-order chi connectivity index (χ1) is 8.29. The Morgan fingerprint density at radius 3 is 2.00 bits per heavy atom. The molecular weight excluding hydrogens is 217 g/mol. The Hall–Kier alpha value is -2.16. The van der Waals surface area contributed by atoms with Gasteiger partial charge in [0.1, 0.15) is 5.82 Å². The van der Waals surface area contributed by atoms with Gasteiger partial charge in [-0.1, -0.05) is 36.4 Å². The van der Waals surface area contributed by atoms with Crippen molar-refractivity contribution in [2.45, 2.75) is 6.54 Å². The van der Waals surface area contributed by atoms with Crippen LogP contribution >= 0.6 is 0 Å². The van der Waals surface area contributed by atoms with Crippen LogP contribution in [0.3, 0.4) is 0 Å². The molecule has 1 amide bonds. The summed E-state index contributed by atoms with van der Waals surface area (Å²) >= 11 is 0. The molecule has 86 valence electrons. The number of nitrogens with one attached hydrogen (secondary N) is 1. The summed E-state index contributed by atoms with van der Waals surface area (Å²) < 4.78 is 12.8. The first-order valence-corrected chi connectivity index (χ1v) is 5.31. The number of rotatable bonds is 4. The van der Waals surface area contributed by atoms with Crippen molar-refractivity contribution in [1.29, 1.82) is 0 Å².